The number of nitrogens with zero attached hydrogens (tertiary/aromatic N) is 5. The summed E-state index contributed by atoms with van der Waals surface area (Å²) in [6.07, 6.45) is 9.34. The summed E-state index contributed by atoms with van der Waals surface area (Å²) in [5.41, 5.74) is 3.69. The molecule has 0 bridgehead atoms. The molecule has 0 unspecified atom stereocenters. The van der Waals surface area contributed by atoms with Gasteiger partial charge in [0.25, 0.3) is 0 Å². The number of ether oxygens (including phenoxy) is 2. The third kappa shape index (κ3) is 4.12. The second-order valence-corrected chi connectivity index (χ2v) is 9.53. The van der Waals surface area contributed by atoms with Gasteiger partial charge in [0, 0.05) is 42.1 Å². The molecule has 172 valence electrons. The van der Waals surface area contributed by atoms with Crippen molar-refractivity contribution >= 4 is 11.5 Å². The highest BCUT2D eigenvalue weighted by Gasteiger charge is 2.32. The van der Waals surface area contributed by atoms with Gasteiger partial charge >= 0.3 is 0 Å². The van der Waals surface area contributed by atoms with E-state index in [4.69, 9.17) is 14.6 Å². The number of aromatic nitrogens is 5. The van der Waals surface area contributed by atoms with E-state index in [2.05, 4.69) is 27.7 Å². The van der Waals surface area contributed by atoms with Crippen molar-refractivity contribution in [1.29, 1.82) is 0 Å². The summed E-state index contributed by atoms with van der Waals surface area (Å²) in [5, 5.41) is 23.2. The number of nitrogens with one attached hydrogen (secondary N) is 1. The topological polar surface area (TPSA) is 98.7 Å². The maximum absolute atomic E-state index is 10.4. The van der Waals surface area contributed by atoms with E-state index in [0.717, 1.165) is 48.0 Å². The smallest absolute Gasteiger partial charge is 0.241 e. The van der Waals surface area contributed by atoms with Crippen LogP contribution in [0, 0.1) is 0 Å². The molecule has 2 aliphatic rings. The molecule has 0 spiro atoms. The quantitative estimate of drug-likeness (QED) is 0.583. The second kappa shape index (κ2) is 8.46. The van der Waals surface area contributed by atoms with Gasteiger partial charge in [0.2, 0.25) is 5.95 Å². The molecule has 1 aliphatic heterocycles. The van der Waals surface area contributed by atoms with Crippen LogP contribution in [0.5, 0.6) is 0 Å². The van der Waals surface area contributed by atoms with Crippen molar-refractivity contribution in [3.8, 4) is 11.1 Å². The first-order valence-corrected chi connectivity index (χ1v) is 11.4. The zero-order chi connectivity index (χ0) is 22.3. The van der Waals surface area contributed by atoms with Gasteiger partial charge in [0.15, 0.2) is 0 Å². The van der Waals surface area contributed by atoms with Gasteiger partial charge in [-0.05, 0) is 45.6 Å². The Labute approximate surface area is 187 Å². The molecule has 0 radical (unpaired) electrons. The lowest BCUT2D eigenvalue weighted by molar-refractivity contribution is -0.0286. The highest BCUT2D eigenvalue weighted by Crippen LogP contribution is 2.40. The molecule has 1 saturated carbocycles. The Morgan fingerprint density at radius 1 is 1.31 bits per heavy atom. The van der Waals surface area contributed by atoms with Crippen LogP contribution in [0.3, 0.4) is 0 Å². The standard InChI is InChI=1S/C23H32N6O3/c1-15(12-31-3)26-22-24-10-21-19(17-9-25-28(11-17)18-13-32-14-18)8-20(29(21)27-22)16-4-6-23(2,30)7-5-16/h8-11,15-16,18,30H,4-7,12-14H2,1-3H3,(H,26,27)/t15-,16-,23-/m0/s1. The third-order valence-electron chi connectivity index (χ3n) is 6.73. The van der Waals surface area contributed by atoms with E-state index in [-0.39, 0.29) is 6.04 Å². The molecule has 3 aromatic rings. The lowest BCUT2D eigenvalue weighted by atomic mass is 9.78. The number of fused-ring (bicyclic) bond motifs is 1. The van der Waals surface area contributed by atoms with Gasteiger partial charge in [-0.3, -0.25) is 4.68 Å². The van der Waals surface area contributed by atoms with Crippen LogP contribution >= 0.6 is 0 Å². The predicted octanol–water partition coefficient (Wildman–Crippen LogP) is 3.02. The number of rotatable bonds is 7. The van der Waals surface area contributed by atoms with Gasteiger partial charge in [0.1, 0.15) is 0 Å². The molecular weight excluding hydrogens is 408 g/mol. The largest absolute Gasteiger partial charge is 0.390 e. The van der Waals surface area contributed by atoms with Crippen LogP contribution in [0.1, 0.15) is 57.2 Å². The maximum Gasteiger partial charge on any atom is 0.241 e. The predicted molar refractivity (Wildman–Crippen MR) is 121 cm³/mol. The van der Waals surface area contributed by atoms with Gasteiger partial charge in [-0.25, -0.2) is 9.50 Å². The molecule has 1 aliphatic carbocycles. The SMILES string of the molecule is COC[C@H](C)Nc1ncc2c(-c3cnn(C4COC4)c3)cc([C@H]3CC[C@](C)(O)CC3)n2n1. The first-order valence-electron chi connectivity index (χ1n) is 11.4. The van der Waals surface area contributed by atoms with Crippen molar-refractivity contribution in [2.24, 2.45) is 0 Å². The molecule has 4 heterocycles. The van der Waals surface area contributed by atoms with Crippen molar-refractivity contribution in [1.82, 2.24) is 24.4 Å². The lowest BCUT2D eigenvalue weighted by Gasteiger charge is -2.32. The van der Waals surface area contributed by atoms with Crippen LogP contribution in [0.4, 0.5) is 5.95 Å². The summed E-state index contributed by atoms with van der Waals surface area (Å²) >= 11 is 0. The van der Waals surface area contributed by atoms with Crippen molar-refractivity contribution in [2.45, 2.75) is 63.1 Å². The van der Waals surface area contributed by atoms with Gasteiger partial charge in [-0.15, -0.1) is 5.10 Å². The van der Waals surface area contributed by atoms with Crippen LogP contribution in [-0.4, -0.2) is 68.1 Å². The summed E-state index contributed by atoms with van der Waals surface area (Å²) in [6, 6.07) is 2.64. The zero-order valence-electron chi connectivity index (χ0n) is 19.0. The highest BCUT2D eigenvalue weighted by molar-refractivity contribution is 5.81. The van der Waals surface area contributed by atoms with E-state index < -0.39 is 5.60 Å². The van der Waals surface area contributed by atoms with Gasteiger partial charge in [-0.1, -0.05) is 0 Å². The van der Waals surface area contributed by atoms with Crippen molar-refractivity contribution in [3.63, 3.8) is 0 Å². The minimum atomic E-state index is -0.574. The summed E-state index contributed by atoms with van der Waals surface area (Å²) in [7, 11) is 1.69. The number of methoxy groups -OCH3 is 1. The van der Waals surface area contributed by atoms with Gasteiger partial charge < -0.3 is 19.9 Å². The van der Waals surface area contributed by atoms with Crippen LogP contribution < -0.4 is 5.32 Å². The molecule has 9 heteroatoms. The molecule has 5 rings (SSSR count). The Kier molecular flexibility index (Phi) is 5.65. The lowest BCUT2D eigenvalue weighted by Crippen LogP contribution is -2.30. The minimum Gasteiger partial charge on any atom is -0.390 e. The van der Waals surface area contributed by atoms with Gasteiger partial charge in [0.05, 0.1) is 49.4 Å². The summed E-state index contributed by atoms with van der Waals surface area (Å²) in [4.78, 5) is 4.58. The summed E-state index contributed by atoms with van der Waals surface area (Å²) in [6.45, 7) is 5.98. The van der Waals surface area contributed by atoms with Crippen molar-refractivity contribution in [2.75, 3.05) is 32.2 Å². The summed E-state index contributed by atoms with van der Waals surface area (Å²) in [5.74, 6) is 0.918. The van der Waals surface area contributed by atoms with E-state index in [9.17, 15) is 5.11 Å². The van der Waals surface area contributed by atoms with E-state index in [1.807, 2.05) is 35.4 Å². The second-order valence-electron chi connectivity index (χ2n) is 9.53. The van der Waals surface area contributed by atoms with Gasteiger partial charge in [-0.2, -0.15) is 5.10 Å². The van der Waals surface area contributed by atoms with Crippen LogP contribution in [0.15, 0.2) is 24.7 Å². The Balaban J connectivity index is 1.52. The Hall–Kier alpha value is -2.49. The fourth-order valence-electron chi connectivity index (χ4n) is 4.70. The molecule has 1 saturated heterocycles. The van der Waals surface area contributed by atoms with E-state index in [1.165, 1.54) is 0 Å². The normalized spacial score (nSPS) is 25.1. The molecule has 0 amide bonds. The third-order valence-corrected chi connectivity index (χ3v) is 6.73. The Morgan fingerprint density at radius 3 is 2.78 bits per heavy atom. The fourth-order valence-corrected chi connectivity index (χ4v) is 4.70. The highest BCUT2D eigenvalue weighted by atomic mass is 16.5. The molecule has 0 aromatic carbocycles. The maximum atomic E-state index is 10.4. The van der Waals surface area contributed by atoms with E-state index in [0.29, 0.717) is 37.7 Å². The molecule has 2 N–H and O–H groups in total. The Morgan fingerprint density at radius 2 is 2.09 bits per heavy atom. The molecule has 1 atom stereocenters. The average Bonchev–Trinajstić information content (AvgIpc) is 3.32. The number of anilines is 1. The van der Waals surface area contributed by atoms with Crippen molar-refractivity contribution in [3.05, 3.63) is 30.4 Å². The monoisotopic (exact) mass is 440 g/mol. The molecular formula is C23H32N6O3. The minimum absolute atomic E-state index is 0.101. The van der Waals surface area contributed by atoms with Crippen LogP contribution in [0.25, 0.3) is 16.6 Å². The number of hydrogen-bond acceptors (Lipinski definition) is 7. The molecule has 2 fully saturated rings. The molecule has 32 heavy (non-hydrogen) atoms. The average molecular weight is 441 g/mol. The first-order chi connectivity index (χ1) is 15.4. The van der Waals surface area contributed by atoms with Crippen LogP contribution in [0.2, 0.25) is 0 Å². The fraction of sp³-hybridized carbons (Fsp3) is 0.609. The zero-order valence-corrected chi connectivity index (χ0v) is 19.0. The first kappa shape index (κ1) is 21.4. The molecule has 9 nitrogen and oxygen atoms in total. The van der Waals surface area contributed by atoms with Crippen molar-refractivity contribution < 1.29 is 14.6 Å². The number of hydrogen-bond donors (Lipinski definition) is 2. The number of aliphatic hydroxyl groups is 1. The Bertz CT molecular complexity index is 1080. The summed E-state index contributed by atoms with van der Waals surface area (Å²) < 4.78 is 14.6. The van der Waals surface area contributed by atoms with Crippen LogP contribution in [-0.2, 0) is 9.47 Å². The molecule has 3 aromatic heterocycles. The van der Waals surface area contributed by atoms with E-state index >= 15 is 0 Å². The van der Waals surface area contributed by atoms with E-state index in [1.54, 1.807) is 7.11 Å².